The molecule has 4 aromatic rings. The van der Waals surface area contributed by atoms with E-state index in [1.54, 1.807) is 41.3 Å². The third kappa shape index (κ3) is 3.12. The van der Waals surface area contributed by atoms with Crippen LogP contribution in [-0.4, -0.2) is 34.0 Å². The van der Waals surface area contributed by atoms with Gasteiger partial charge in [-0.3, -0.25) is 4.98 Å². The standard InChI is InChI=1S/2C7H7N3S/c1-8-7-10-5-4-9-3-2-6(5)11-7;1-8-7-10-6-5(11-7)3-2-4-9-6/h2-4H,1H3,(H,8,10);2-4H,1H3,(H,8,9,10). The summed E-state index contributed by atoms with van der Waals surface area (Å²) in [4.78, 5) is 16.6. The molecule has 0 unspecified atom stereocenters. The normalized spacial score (nSPS) is 10.3. The zero-order valence-corrected chi connectivity index (χ0v) is 13.7. The lowest BCUT2D eigenvalue weighted by Crippen LogP contribution is -1.84. The van der Waals surface area contributed by atoms with Gasteiger partial charge in [0.15, 0.2) is 15.9 Å². The summed E-state index contributed by atoms with van der Waals surface area (Å²) in [5.41, 5.74) is 1.78. The maximum absolute atomic E-state index is 4.28. The van der Waals surface area contributed by atoms with Gasteiger partial charge < -0.3 is 10.6 Å². The molecule has 0 aliphatic rings. The quantitative estimate of drug-likeness (QED) is 0.586. The first kappa shape index (κ1) is 14.6. The van der Waals surface area contributed by atoms with E-state index in [2.05, 4.69) is 30.6 Å². The number of fused-ring (bicyclic) bond motifs is 2. The number of nitrogens with zero attached hydrogens (tertiary/aromatic N) is 4. The number of hydrogen-bond donors (Lipinski definition) is 2. The molecule has 0 radical (unpaired) electrons. The number of rotatable bonds is 2. The summed E-state index contributed by atoms with van der Waals surface area (Å²) in [6.45, 7) is 0. The predicted molar refractivity (Wildman–Crippen MR) is 93.9 cm³/mol. The van der Waals surface area contributed by atoms with Gasteiger partial charge in [-0.15, -0.1) is 0 Å². The van der Waals surface area contributed by atoms with Gasteiger partial charge in [0.05, 0.1) is 15.6 Å². The Kier molecular flexibility index (Phi) is 4.40. The Morgan fingerprint density at radius 1 is 0.909 bits per heavy atom. The molecule has 0 atom stereocenters. The molecule has 0 fully saturated rings. The molecule has 0 spiro atoms. The third-order valence-electron chi connectivity index (χ3n) is 2.78. The minimum absolute atomic E-state index is 0.821. The van der Waals surface area contributed by atoms with E-state index >= 15 is 0 Å². The first-order valence-electron chi connectivity index (χ1n) is 6.58. The van der Waals surface area contributed by atoms with E-state index in [0.29, 0.717) is 0 Å². The second kappa shape index (κ2) is 6.63. The number of hydrogen-bond acceptors (Lipinski definition) is 8. The summed E-state index contributed by atoms with van der Waals surface area (Å²) in [5, 5.41) is 7.83. The highest BCUT2D eigenvalue weighted by Gasteiger charge is 2.00. The predicted octanol–water partition coefficient (Wildman–Crippen LogP) is 3.47. The minimum Gasteiger partial charge on any atom is -0.365 e. The number of thiazole rings is 2. The Morgan fingerprint density at radius 3 is 2.41 bits per heavy atom. The molecule has 0 aromatic carbocycles. The molecule has 22 heavy (non-hydrogen) atoms. The molecule has 0 aliphatic carbocycles. The first-order chi connectivity index (χ1) is 10.8. The highest BCUT2D eigenvalue weighted by atomic mass is 32.1. The second-order valence-corrected chi connectivity index (χ2v) is 6.27. The molecule has 6 nitrogen and oxygen atoms in total. The third-order valence-corrected chi connectivity index (χ3v) is 4.86. The van der Waals surface area contributed by atoms with Crippen molar-refractivity contribution in [3.63, 3.8) is 0 Å². The molecule has 0 saturated heterocycles. The maximum Gasteiger partial charge on any atom is 0.185 e. The lowest BCUT2D eigenvalue weighted by atomic mass is 10.5. The van der Waals surface area contributed by atoms with Crippen LogP contribution in [0.4, 0.5) is 10.3 Å². The molecule has 0 amide bonds. The van der Waals surface area contributed by atoms with Crippen LogP contribution in [-0.2, 0) is 0 Å². The van der Waals surface area contributed by atoms with E-state index in [9.17, 15) is 0 Å². The van der Waals surface area contributed by atoms with Gasteiger partial charge in [0.1, 0.15) is 5.52 Å². The SMILES string of the molecule is CNc1nc2cnccc2s1.CNc1nc2ncccc2s1. The van der Waals surface area contributed by atoms with Gasteiger partial charge in [-0.2, -0.15) is 0 Å². The summed E-state index contributed by atoms with van der Waals surface area (Å²) in [6.07, 6.45) is 5.30. The largest absolute Gasteiger partial charge is 0.365 e. The zero-order chi connectivity index (χ0) is 15.4. The van der Waals surface area contributed by atoms with Crippen LogP contribution in [0.25, 0.3) is 20.6 Å². The van der Waals surface area contributed by atoms with Gasteiger partial charge in [-0.1, -0.05) is 22.7 Å². The van der Waals surface area contributed by atoms with E-state index < -0.39 is 0 Å². The first-order valence-corrected chi connectivity index (χ1v) is 8.21. The van der Waals surface area contributed by atoms with Crippen LogP contribution in [0.3, 0.4) is 0 Å². The van der Waals surface area contributed by atoms with E-state index in [1.165, 1.54) is 4.70 Å². The molecule has 8 heteroatoms. The van der Waals surface area contributed by atoms with Gasteiger partial charge in [0, 0.05) is 26.5 Å². The van der Waals surface area contributed by atoms with Crippen LogP contribution in [0.5, 0.6) is 0 Å². The Labute approximate surface area is 135 Å². The van der Waals surface area contributed by atoms with Crippen LogP contribution in [0.2, 0.25) is 0 Å². The smallest absolute Gasteiger partial charge is 0.185 e. The monoisotopic (exact) mass is 330 g/mol. The topological polar surface area (TPSA) is 75.6 Å². The van der Waals surface area contributed by atoms with Crippen molar-refractivity contribution >= 4 is 53.5 Å². The van der Waals surface area contributed by atoms with Crippen LogP contribution < -0.4 is 10.6 Å². The zero-order valence-electron chi connectivity index (χ0n) is 12.1. The van der Waals surface area contributed by atoms with Crippen molar-refractivity contribution in [3.8, 4) is 0 Å². The summed E-state index contributed by atoms with van der Waals surface area (Å²) in [6, 6.07) is 5.90. The highest BCUT2D eigenvalue weighted by molar-refractivity contribution is 7.22. The van der Waals surface area contributed by atoms with Crippen LogP contribution in [0, 0.1) is 0 Å². The molecule has 0 saturated carbocycles. The van der Waals surface area contributed by atoms with Crippen molar-refractivity contribution in [1.29, 1.82) is 0 Å². The Balaban J connectivity index is 0.000000131. The van der Waals surface area contributed by atoms with Gasteiger partial charge in [0.2, 0.25) is 0 Å². The lowest BCUT2D eigenvalue weighted by Gasteiger charge is -1.84. The second-order valence-electron chi connectivity index (χ2n) is 4.21. The summed E-state index contributed by atoms with van der Waals surface area (Å²) < 4.78 is 2.29. The summed E-state index contributed by atoms with van der Waals surface area (Å²) >= 11 is 3.25. The summed E-state index contributed by atoms with van der Waals surface area (Å²) in [7, 11) is 3.73. The maximum atomic E-state index is 4.28. The average Bonchev–Trinajstić information content (AvgIpc) is 3.18. The van der Waals surface area contributed by atoms with Gasteiger partial charge >= 0.3 is 0 Å². The highest BCUT2D eigenvalue weighted by Crippen LogP contribution is 2.24. The Morgan fingerprint density at radius 2 is 1.68 bits per heavy atom. The van der Waals surface area contributed by atoms with Crippen molar-refractivity contribution in [2.45, 2.75) is 0 Å². The summed E-state index contributed by atoms with van der Waals surface area (Å²) in [5.74, 6) is 0. The molecular weight excluding hydrogens is 316 g/mol. The van der Waals surface area contributed by atoms with Crippen molar-refractivity contribution in [2.75, 3.05) is 24.7 Å². The molecule has 0 aliphatic heterocycles. The number of pyridine rings is 2. The van der Waals surface area contributed by atoms with Gasteiger partial charge in [-0.05, 0) is 18.2 Å². The molecule has 0 bridgehead atoms. The molecule has 4 rings (SSSR count). The van der Waals surface area contributed by atoms with Crippen LogP contribution in [0.15, 0.2) is 36.8 Å². The lowest BCUT2D eigenvalue weighted by molar-refractivity contribution is 1.31. The van der Waals surface area contributed by atoms with Crippen molar-refractivity contribution < 1.29 is 0 Å². The average molecular weight is 330 g/mol. The number of aromatic nitrogens is 4. The van der Waals surface area contributed by atoms with Gasteiger partial charge in [-0.25, -0.2) is 15.0 Å². The fourth-order valence-corrected chi connectivity index (χ4v) is 3.33. The van der Waals surface area contributed by atoms with Crippen molar-refractivity contribution in [3.05, 3.63) is 36.8 Å². The van der Waals surface area contributed by atoms with Gasteiger partial charge in [0.25, 0.3) is 0 Å². The number of anilines is 2. The Hall–Kier alpha value is -2.32. The minimum atomic E-state index is 0.821. The van der Waals surface area contributed by atoms with E-state index in [0.717, 1.165) is 26.1 Å². The van der Waals surface area contributed by atoms with Crippen LogP contribution in [0.1, 0.15) is 0 Å². The van der Waals surface area contributed by atoms with E-state index in [-0.39, 0.29) is 0 Å². The van der Waals surface area contributed by atoms with Crippen molar-refractivity contribution in [1.82, 2.24) is 19.9 Å². The number of nitrogens with one attached hydrogen (secondary N) is 2. The Bertz CT molecular complexity index is 745. The molecule has 2 N–H and O–H groups in total. The van der Waals surface area contributed by atoms with Crippen LogP contribution >= 0.6 is 22.7 Å². The molecular formula is C14H14N6S2. The molecule has 4 aromatic heterocycles. The fourth-order valence-electron chi connectivity index (χ4n) is 1.76. The molecule has 4 heterocycles. The van der Waals surface area contributed by atoms with Crippen molar-refractivity contribution in [2.24, 2.45) is 0 Å². The van der Waals surface area contributed by atoms with E-state index in [4.69, 9.17) is 0 Å². The fraction of sp³-hybridized carbons (Fsp3) is 0.143. The molecule has 112 valence electrons. The van der Waals surface area contributed by atoms with E-state index in [1.807, 2.05) is 32.3 Å².